The minimum absolute atomic E-state index is 0.187. The van der Waals surface area contributed by atoms with E-state index in [-0.39, 0.29) is 16.7 Å². The summed E-state index contributed by atoms with van der Waals surface area (Å²) >= 11 is 5.87. The molecular formula is C17H21ClN2O4S. The second kappa shape index (κ2) is 6.23. The summed E-state index contributed by atoms with van der Waals surface area (Å²) in [5.41, 5.74) is -0.835. The van der Waals surface area contributed by atoms with Gasteiger partial charge in [0.25, 0.3) is 0 Å². The molecular weight excluding hydrogens is 364 g/mol. The number of likely N-dealkylation sites (tertiary alicyclic amines) is 1. The van der Waals surface area contributed by atoms with Crippen LogP contribution in [0.1, 0.15) is 25.7 Å². The summed E-state index contributed by atoms with van der Waals surface area (Å²) < 4.78 is 33.5. The van der Waals surface area contributed by atoms with Crippen LogP contribution in [0.5, 0.6) is 0 Å². The highest BCUT2D eigenvalue weighted by molar-refractivity contribution is 7.89. The fourth-order valence-corrected chi connectivity index (χ4v) is 5.57. The molecule has 1 aromatic rings. The highest BCUT2D eigenvalue weighted by atomic mass is 35.5. The number of hydrogen-bond donors (Lipinski definition) is 0. The Kier molecular flexibility index (Phi) is 4.30. The molecule has 1 aromatic carbocycles. The van der Waals surface area contributed by atoms with E-state index in [1.807, 2.05) is 4.90 Å². The molecule has 2 saturated heterocycles. The molecule has 2 heterocycles. The van der Waals surface area contributed by atoms with Gasteiger partial charge in [0.1, 0.15) is 5.72 Å². The van der Waals surface area contributed by atoms with Crippen molar-refractivity contribution >= 4 is 27.5 Å². The molecule has 0 radical (unpaired) electrons. The number of carbonyl (C=O) groups excluding carboxylic acids is 1. The van der Waals surface area contributed by atoms with E-state index in [0.29, 0.717) is 44.1 Å². The minimum Gasteiger partial charge on any atom is -0.358 e. The Bertz CT molecular complexity index is 768. The first-order valence-electron chi connectivity index (χ1n) is 8.64. The van der Waals surface area contributed by atoms with Crippen LogP contribution in [0.2, 0.25) is 5.02 Å². The number of hydrogen-bond acceptors (Lipinski definition) is 4. The van der Waals surface area contributed by atoms with Crippen molar-refractivity contribution in [1.82, 2.24) is 9.21 Å². The van der Waals surface area contributed by atoms with Crippen molar-refractivity contribution in [3.05, 3.63) is 29.3 Å². The number of nitrogens with zero attached hydrogens (tertiary/aromatic N) is 2. The summed E-state index contributed by atoms with van der Waals surface area (Å²) in [6.07, 6.45) is 2.98. The van der Waals surface area contributed by atoms with E-state index < -0.39 is 15.7 Å². The molecule has 1 spiro atoms. The quantitative estimate of drug-likeness (QED) is 0.800. The Morgan fingerprint density at radius 2 is 1.76 bits per heavy atom. The normalized spacial score (nSPS) is 24.0. The van der Waals surface area contributed by atoms with Crippen molar-refractivity contribution in [1.29, 1.82) is 0 Å². The number of ether oxygens (including phenoxy) is 1. The zero-order valence-electron chi connectivity index (χ0n) is 13.9. The summed E-state index contributed by atoms with van der Waals surface area (Å²) in [7, 11) is -3.66. The van der Waals surface area contributed by atoms with Crippen molar-refractivity contribution in [3.8, 4) is 0 Å². The van der Waals surface area contributed by atoms with Gasteiger partial charge in [0, 0.05) is 43.4 Å². The third-order valence-electron chi connectivity index (χ3n) is 5.30. The van der Waals surface area contributed by atoms with Crippen LogP contribution in [0.4, 0.5) is 0 Å². The highest BCUT2D eigenvalue weighted by Crippen LogP contribution is 2.40. The summed E-state index contributed by atoms with van der Waals surface area (Å²) in [5.74, 6) is 0.396. The van der Waals surface area contributed by atoms with E-state index in [2.05, 4.69) is 0 Å². The van der Waals surface area contributed by atoms with Gasteiger partial charge in [0.05, 0.1) is 11.5 Å². The molecule has 1 saturated carbocycles. The highest BCUT2D eigenvalue weighted by Gasteiger charge is 2.51. The average Bonchev–Trinajstić information content (AvgIpc) is 3.37. The van der Waals surface area contributed by atoms with Crippen LogP contribution in [-0.4, -0.2) is 55.5 Å². The van der Waals surface area contributed by atoms with Gasteiger partial charge in [-0.3, -0.25) is 4.79 Å². The van der Waals surface area contributed by atoms with Crippen LogP contribution in [0.3, 0.4) is 0 Å². The lowest BCUT2D eigenvalue weighted by Crippen LogP contribution is -2.55. The molecule has 2 aliphatic heterocycles. The van der Waals surface area contributed by atoms with Gasteiger partial charge in [-0.2, -0.15) is 4.31 Å². The first-order chi connectivity index (χ1) is 11.9. The maximum absolute atomic E-state index is 13.1. The molecule has 4 rings (SSSR count). The first kappa shape index (κ1) is 17.3. The fourth-order valence-electron chi connectivity index (χ4n) is 3.73. The standard InChI is InChI=1S/C17H21ClN2O4S/c18-14-3-5-15(6-4-14)25(22,23)20-11-12-24-17(20)7-9-19(10-8-17)16(21)13-1-2-13/h3-6,13H,1-2,7-12H2. The predicted octanol–water partition coefficient (Wildman–Crippen LogP) is 2.09. The summed E-state index contributed by atoms with van der Waals surface area (Å²) in [4.78, 5) is 14.3. The Balaban J connectivity index is 1.54. The van der Waals surface area contributed by atoms with Crippen LogP contribution in [0, 0.1) is 5.92 Å². The molecule has 0 N–H and O–H groups in total. The van der Waals surface area contributed by atoms with Crippen molar-refractivity contribution in [2.75, 3.05) is 26.2 Å². The van der Waals surface area contributed by atoms with E-state index in [1.54, 1.807) is 12.1 Å². The molecule has 1 amide bonds. The third kappa shape index (κ3) is 3.07. The summed E-state index contributed by atoms with van der Waals surface area (Å²) in [6.45, 7) is 1.80. The van der Waals surface area contributed by atoms with Crippen molar-refractivity contribution in [2.45, 2.75) is 36.3 Å². The number of halogens is 1. The van der Waals surface area contributed by atoms with Crippen LogP contribution in [-0.2, 0) is 19.6 Å². The van der Waals surface area contributed by atoms with Gasteiger partial charge in [-0.05, 0) is 37.1 Å². The monoisotopic (exact) mass is 384 g/mol. The van der Waals surface area contributed by atoms with Gasteiger partial charge >= 0.3 is 0 Å². The molecule has 1 aliphatic carbocycles. The molecule has 8 heteroatoms. The number of carbonyl (C=O) groups is 1. The largest absolute Gasteiger partial charge is 0.358 e. The van der Waals surface area contributed by atoms with Gasteiger partial charge < -0.3 is 9.64 Å². The molecule has 25 heavy (non-hydrogen) atoms. The SMILES string of the molecule is O=C(C1CC1)N1CCC2(CC1)OCCN2S(=O)(=O)c1ccc(Cl)cc1. The first-order valence-corrected chi connectivity index (χ1v) is 10.5. The Labute approximate surface area is 152 Å². The average molecular weight is 385 g/mol. The van der Waals surface area contributed by atoms with Crippen LogP contribution in [0.15, 0.2) is 29.2 Å². The van der Waals surface area contributed by atoms with Crippen LogP contribution < -0.4 is 0 Å². The summed E-state index contributed by atoms with van der Waals surface area (Å²) in [5, 5.41) is 0.498. The molecule has 0 atom stereocenters. The number of benzene rings is 1. The summed E-state index contributed by atoms with van der Waals surface area (Å²) in [6, 6.07) is 6.20. The maximum atomic E-state index is 13.1. The van der Waals surface area contributed by atoms with Gasteiger partial charge in [-0.1, -0.05) is 11.6 Å². The number of amides is 1. The Morgan fingerprint density at radius 1 is 1.12 bits per heavy atom. The van der Waals surface area contributed by atoms with E-state index in [1.165, 1.54) is 16.4 Å². The Morgan fingerprint density at radius 3 is 2.36 bits per heavy atom. The zero-order chi connectivity index (χ0) is 17.7. The van der Waals surface area contributed by atoms with Gasteiger partial charge in [-0.15, -0.1) is 0 Å². The van der Waals surface area contributed by atoms with Gasteiger partial charge in [0.15, 0.2) is 0 Å². The molecule has 136 valence electrons. The minimum atomic E-state index is -3.66. The second-order valence-corrected chi connectivity index (χ2v) is 9.22. The second-order valence-electron chi connectivity index (χ2n) is 6.93. The number of rotatable bonds is 3. The lowest BCUT2D eigenvalue weighted by Gasteiger charge is -2.42. The number of sulfonamides is 1. The van der Waals surface area contributed by atoms with Crippen molar-refractivity contribution in [2.24, 2.45) is 5.92 Å². The van der Waals surface area contributed by atoms with Crippen molar-refractivity contribution in [3.63, 3.8) is 0 Å². The van der Waals surface area contributed by atoms with E-state index >= 15 is 0 Å². The number of piperidine rings is 1. The third-order valence-corrected chi connectivity index (χ3v) is 7.52. The predicted molar refractivity (Wildman–Crippen MR) is 92.6 cm³/mol. The van der Waals surface area contributed by atoms with E-state index in [4.69, 9.17) is 16.3 Å². The molecule has 6 nitrogen and oxygen atoms in total. The molecule has 0 unspecified atom stereocenters. The Hall–Kier alpha value is -1.15. The smallest absolute Gasteiger partial charge is 0.245 e. The molecule has 3 aliphatic rings. The topological polar surface area (TPSA) is 66.9 Å². The van der Waals surface area contributed by atoms with E-state index in [0.717, 1.165) is 12.8 Å². The van der Waals surface area contributed by atoms with Crippen molar-refractivity contribution < 1.29 is 17.9 Å². The molecule has 3 fully saturated rings. The molecule has 0 aromatic heterocycles. The van der Waals surface area contributed by atoms with E-state index in [9.17, 15) is 13.2 Å². The molecule has 0 bridgehead atoms. The lowest BCUT2D eigenvalue weighted by atomic mass is 10.0. The fraction of sp³-hybridized carbons (Fsp3) is 0.588. The van der Waals surface area contributed by atoms with Crippen LogP contribution in [0.25, 0.3) is 0 Å². The zero-order valence-corrected chi connectivity index (χ0v) is 15.4. The van der Waals surface area contributed by atoms with Crippen LogP contribution >= 0.6 is 11.6 Å². The maximum Gasteiger partial charge on any atom is 0.245 e. The lowest BCUT2D eigenvalue weighted by molar-refractivity contribution is -0.141. The van der Waals surface area contributed by atoms with Gasteiger partial charge in [-0.25, -0.2) is 8.42 Å². The van der Waals surface area contributed by atoms with Gasteiger partial charge in [0.2, 0.25) is 15.9 Å².